The van der Waals surface area contributed by atoms with Gasteiger partial charge >= 0.3 is 0 Å². The van der Waals surface area contributed by atoms with Crippen LogP contribution in [0.25, 0.3) is 0 Å². The van der Waals surface area contributed by atoms with Gasteiger partial charge in [-0.3, -0.25) is 9.80 Å². The minimum atomic E-state index is -0.483. The van der Waals surface area contributed by atoms with Crippen molar-refractivity contribution in [3.63, 3.8) is 0 Å². The van der Waals surface area contributed by atoms with Crippen LogP contribution in [-0.4, -0.2) is 67.9 Å². The maximum atomic E-state index is 13.8. The molecule has 0 radical (unpaired) electrons. The van der Waals surface area contributed by atoms with Crippen molar-refractivity contribution < 1.29 is 13.9 Å². The lowest BCUT2D eigenvalue weighted by molar-refractivity contribution is -0.139. The van der Waals surface area contributed by atoms with Crippen LogP contribution < -0.4 is 4.74 Å². The second kappa shape index (κ2) is 9.35. The van der Waals surface area contributed by atoms with Crippen molar-refractivity contribution in [2.45, 2.75) is 25.6 Å². The SMILES string of the molecule is CCCN1CC2CN(CCOc3ccc(C#N)cc3F)CC(C1)O2.Cl. The van der Waals surface area contributed by atoms with Crippen LogP contribution in [0.2, 0.25) is 0 Å². The van der Waals surface area contributed by atoms with Gasteiger partial charge in [0.2, 0.25) is 0 Å². The van der Waals surface area contributed by atoms with E-state index in [1.165, 1.54) is 18.6 Å². The molecule has 2 heterocycles. The van der Waals surface area contributed by atoms with Gasteiger partial charge in [0.05, 0.1) is 23.8 Å². The molecule has 2 fully saturated rings. The molecule has 1 aromatic rings. The van der Waals surface area contributed by atoms with E-state index in [4.69, 9.17) is 14.7 Å². The van der Waals surface area contributed by atoms with Gasteiger partial charge in [-0.05, 0) is 31.2 Å². The fourth-order valence-electron chi connectivity index (χ4n) is 3.51. The van der Waals surface area contributed by atoms with Crippen LogP contribution in [0.1, 0.15) is 18.9 Å². The average molecular weight is 370 g/mol. The van der Waals surface area contributed by atoms with Crippen molar-refractivity contribution in [2.75, 3.05) is 45.9 Å². The van der Waals surface area contributed by atoms with E-state index in [0.29, 0.717) is 12.2 Å². The highest BCUT2D eigenvalue weighted by Crippen LogP contribution is 2.20. The Labute approximate surface area is 154 Å². The molecule has 2 bridgehead atoms. The number of ether oxygens (including phenoxy) is 2. The highest BCUT2D eigenvalue weighted by atomic mass is 35.5. The second-order valence-corrected chi connectivity index (χ2v) is 6.50. The Morgan fingerprint density at radius 2 is 1.84 bits per heavy atom. The van der Waals surface area contributed by atoms with E-state index in [-0.39, 0.29) is 30.4 Å². The molecule has 7 heteroatoms. The summed E-state index contributed by atoms with van der Waals surface area (Å²) in [5, 5.41) is 8.75. The molecule has 0 saturated carbocycles. The van der Waals surface area contributed by atoms with Crippen molar-refractivity contribution in [3.8, 4) is 11.8 Å². The van der Waals surface area contributed by atoms with E-state index >= 15 is 0 Å². The number of nitriles is 1. The van der Waals surface area contributed by atoms with Gasteiger partial charge in [-0.15, -0.1) is 12.4 Å². The molecule has 0 aromatic heterocycles. The van der Waals surface area contributed by atoms with Gasteiger partial charge in [-0.1, -0.05) is 6.92 Å². The summed E-state index contributed by atoms with van der Waals surface area (Å²) in [5.74, 6) is -0.278. The molecule has 2 aliphatic heterocycles. The summed E-state index contributed by atoms with van der Waals surface area (Å²) >= 11 is 0. The van der Waals surface area contributed by atoms with Crippen LogP contribution in [0.15, 0.2) is 18.2 Å². The number of halogens is 2. The first-order valence-electron chi connectivity index (χ1n) is 8.60. The van der Waals surface area contributed by atoms with E-state index in [0.717, 1.165) is 39.3 Å². The van der Waals surface area contributed by atoms with Crippen LogP contribution >= 0.6 is 12.4 Å². The summed E-state index contributed by atoms with van der Waals surface area (Å²) in [5.41, 5.74) is 0.303. The third-order valence-electron chi connectivity index (χ3n) is 4.50. The van der Waals surface area contributed by atoms with Crippen molar-refractivity contribution >= 4 is 12.4 Å². The Balaban J connectivity index is 0.00000225. The van der Waals surface area contributed by atoms with Gasteiger partial charge in [0.15, 0.2) is 11.6 Å². The molecule has 2 atom stereocenters. The van der Waals surface area contributed by atoms with E-state index < -0.39 is 5.82 Å². The van der Waals surface area contributed by atoms with Crippen molar-refractivity contribution in [2.24, 2.45) is 0 Å². The molecule has 5 nitrogen and oxygen atoms in total. The number of morpholine rings is 2. The molecular weight excluding hydrogens is 345 g/mol. The number of rotatable bonds is 6. The molecule has 2 aliphatic rings. The van der Waals surface area contributed by atoms with E-state index in [1.54, 1.807) is 6.07 Å². The molecule has 0 N–H and O–H groups in total. The molecule has 138 valence electrons. The Hall–Kier alpha value is -1.39. The molecule has 2 saturated heterocycles. The minimum absolute atomic E-state index is 0. The van der Waals surface area contributed by atoms with Crippen LogP contribution in [-0.2, 0) is 4.74 Å². The van der Waals surface area contributed by atoms with E-state index in [2.05, 4.69) is 16.7 Å². The first kappa shape index (κ1) is 19.9. The van der Waals surface area contributed by atoms with Crippen LogP contribution in [0.3, 0.4) is 0 Å². The predicted octanol–water partition coefficient (Wildman–Crippen LogP) is 2.29. The number of benzene rings is 1. The fourth-order valence-corrected chi connectivity index (χ4v) is 3.51. The lowest BCUT2D eigenvalue weighted by Gasteiger charge is -2.45. The molecule has 0 amide bonds. The third kappa shape index (κ3) is 5.29. The van der Waals surface area contributed by atoms with Crippen LogP contribution in [0.4, 0.5) is 4.39 Å². The van der Waals surface area contributed by atoms with Gasteiger partial charge in [0, 0.05) is 32.7 Å². The Morgan fingerprint density at radius 3 is 2.40 bits per heavy atom. The zero-order chi connectivity index (χ0) is 16.9. The van der Waals surface area contributed by atoms with E-state index in [1.807, 2.05) is 6.07 Å². The minimum Gasteiger partial charge on any atom is -0.489 e. The summed E-state index contributed by atoms with van der Waals surface area (Å²) < 4.78 is 25.4. The summed E-state index contributed by atoms with van der Waals surface area (Å²) in [6, 6.07) is 6.21. The normalized spacial score (nSPS) is 23.6. The van der Waals surface area contributed by atoms with Crippen LogP contribution in [0, 0.1) is 17.1 Å². The topological polar surface area (TPSA) is 48.7 Å². The summed E-state index contributed by atoms with van der Waals surface area (Å²) in [6.07, 6.45) is 1.69. The summed E-state index contributed by atoms with van der Waals surface area (Å²) in [4.78, 5) is 4.82. The van der Waals surface area contributed by atoms with Gasteiger partial charge in [-0.25, -0.2) is 4.39 Å². The lowest BCUT2D eigenvalue weighted by Crippen LogP contribution is -2.59. The first-order chi connectivity index (χ1) is 11.7. The maximum Gasteiger partial charge on any atom is 0.166 e. The number of nitrogens with zero attached hydrogens (tertiary/aromatic N) is 3. The van der Waals surface area contributed by atoms with Gasteiger partial charge < -0.3 is 9.47 Å². The predicted molar refractivity (Wildman–Crippen MR) is 95.7 cm³/mol. The molecule has 2 unspecified atom stereocenters. The molecule has 1 aromatic carbocycles. The third-order valence-corrected chi connectivity index (χ3v) is 4.50. The zero-order valence-electron chi connectivity index (χ0n) is 14.5. The standard InChI is InChI=1S/C18H24FN3O2.ClH/c1-2-5-21-10-15-12-22(13-16(11-21)24-15)6-7-23-18-4-3-14(9-20)8-17(18)19;/h3-4,8,15-16H,2,5-7,10-13H2,1H3;1H. The molecular formula is C18H25ClFN3O2. The van der Waals surface area contributed by atoms with E-state index in [9.17, 15) is 4.39 Å². The van der Waals surface area contributed by atoms with Crippen molar-refractivity contribution in [1.29, 1.82) is 5.26 Å². The van der Waals surface area contributed by atoms with Crippen LogP contribution in [0.5, 0.6) is 5.75 Å². The summed E-state index contributed by atoms with van der Waals surface area (Å²) in [7, 11) is 0. The molecule has 0 spiro atoms. The number of hydrogen-bond donors (Lipinski definition) is 0. The maximum absolute atomic E-state index is 13.8. The Morgan fingerprint density at radius 1 is 1.20 bits per heavy atom. The van der Waals surface area contributed by atoms with Gasteiger partial charge in [0.25, 0.3) is 0 Å². The largest absolute Gasteiger partial charge is 0.489 e. The lowest BCUT2D eigenvalue weighted by atomic mass is 10.1. The molecule has 3 rings (SSSR count). The monoisotopic (exact) mass is 369 g/mol. The second-order valence-electron chi connectivity index (χ2n) is 6.50. The zero-order valence-corrected chi connectivity index (χ0v) is 15.3. The first-order valence-corrected chi connectivity index (χ1v) is 8.60. The number of hydrogen-bond acceptors (Lipinski definition) is 5. The molecule has 0 aliphatic carbocycles. The fraction of sp³-hybridized carbons (Fsp3) is 0.611. The summed E-state index contributed by atoms with van der Waals surface area (Å²) in [6.45, 7) is 8.31. The van der Waals surface area contributed by atoms with Gasteiger partial charge in [-0.2, -0.15) is 5.26 Å². The highest BCUT2D eigenvalue weighted by molar-refractivity contribution is 5.85. The van der Waals surface area contributed by atoms with Crippen molar-refractivity contribution in [1.82, 2.24) is 9.80 Å². The highest BCUT2D eigenvalue weighted by Gasteiger charge is 2.34. The Bertz CT molecular complexity index is 596. The number of fused-ring (bicyclic) bond motifs is 2. The smallest absolute Gasteiger partial charge is 0.166 e. The van der Waals surface area contributed by atoms with Gasteiger partial charge in [0.1, 0.15) is 6.61 Å². The Kier molecular flexibility index (Phi) is 7.45. The quantitative estimate of drug-likeness (QED) is 0.770. The van der Waals surface area contributed by atoms with Crippen molar-refractivity contribution in [3.05, 3.63) is 29.6 Å². The molecule has 25 heavy (non-hydrogen) atoms. The average Bonchev–Trinajstić information content (AvgIpc) is 2.56.